The molecule has 3 aromatic carbocycles. The molecule has 0 spiro atoms. The number of unbranched alkanes of at least 4 members (excludes halogenated alkanes) is 2. The average molecular weight is 677 g/mol. The number of carbonyl (C=O) groups is 4. The molecule has 12 nitrogen and oxygen atoms in total. The Morgan fingerprint density at radius 1 is 0.959 bits per heavy atom. The third kappa shape index (κ3) is 10.2. The number of carbonyl (C=O) groups excluding carboxylic acids is 4. The van der Waals surface area contributed by atoms with Gasteiger partial charge in [-0.1, -0.05) is 31.5 Å². The van der Waals surface area contributed by atoms with Gasteiger partial charge in [-0.2, -0.15) is 0 Å². The zero-order chi connectivity index (χ0) is 35.5. The molecule has 1 heterocycles. The standard InChI is InChI=1S/C36H45FN6O6/c1-23-20-43(24(2)22-44)35(47)27-10-9-13-30(34(27)49-31(23)21-42(3)36(48)39-26-18-16-25(37)17-19-26)41-33(46)15-6-4-5-14-32(45)40-29-12-8-7-11-28(29)38/h7-13,16-19,23-24,31,44H,4-6,14-15,20-22,38H2,1-3H3,(H,39,48)(H,40,45)(H,41,46)/t23-,24-,31-/m1/s1. The Bertz CT molecular complexity index is 1620. The third-order valence-corrected chi connectivity index (χ3v) is 8.40. The summed E-state index contributed by atoms with van der Waals surface area (Å²) in [6.07, 6.45) is 1.63. The topological polar surface area (TPSA) is 166 Å². The van der Waals surface area contributed by atoms with Gasteiger partial charge in [-0.25, -0.2) is 9.18 Å². The lowest BCUT2D eigenvalue weighted by atomic mass is 9.99. The van der Waals surface area contributed by atoms with E-state index in [1.54, 1.807) is 61.3 Å². The van der Waals surface area contributed by atoms with Crippen LogP contribution >= 0.6 is 0 Å². The maximum Gasteiger partial charge on any atom is 0.321 e. The molecule has 1 aliphatic heterocycles. The highest BCUT2D eigenvalue weighted by Gasteiger charge is 2.35. The second-order valence-electron chi connectivity index (χ2n) is 12.4. The van der Waals surface area contributed by atoms with Gasteiger partial charge in [0.15, 0.2) is 5.75 Å². The first-order chi connectivity index (χ1) is 23.5. The molecule has 262 valence electrons. The van der Waals surface area contributed by atoms with Crippen molar-refractivity contribution in [1.82, 2.24) is 9.80 Å². The molecule has 6 N–H and O–H groups in total. The molecule has 0 radical (unpaired) electrons. The maximum absolute atomic E-state index is 13.8. The van der Waals surface area contributed by atoms with Gasteiger partial charge >= 0.3 is 6.03 Å². The number of aliphatic hydroxyl groups is 1. The highest BCUT2D eigenvalue weighted by molar-refractivity contribution is 6.01. The molecule has 0 saturated carbocycles. The molecule has 0 aliphatic carbocycles. The van der Waals surface area contributed by atoms with Crippen LogP contribution in [0.2, 0.25) is 0 Å². The fourth-order valence-electron chi connectivity index (χ4n) is 5.45. The van der Waals surface area contributed by atoms with Gasteiger partial charge in [-0.05, 0) is 68.3 Å². The van der Waals surface area contributed by atoms with Crippen LogP contribution in [0.4, 0.5) is 31.9 Å². The molecule has 3 atom stereocenters. The quantitative estimate of drug-likeness (QED) is 0.121. The van der Waals surface area contributed by atoms with Crippen molar-refractivity contribution in [3.63, 3.8) is 0 Å². The predicted octanol–water partition coefficient (Wildman–Crippen LogP) is 5.32. The van der Waals surface area contributed by atoms with Crippen molar-refractivity contribution < 1.29 is 33.4 Å². The molecule has 0 aromatic heterocycles. The first-order valence-electron chi connectivity index (χ1n) is 16.4. The number of hydrogen-bond acceptors (Lipinski definition) is 7. The minimum absolute atomic E-state index is 0.121. The Balaban J connectivity index is 1.42. The third-order valence-electron chi connectivity index (χ3n) is 8.40. The second-order valence-corrected chi connectivity index (χ2v) is 12.4. The number of amides is 5. The molecule has 0 bridgehead atoms. The monoisotopic (exact) mass is 676 g/mol. The number of likely N-dealkylation sites (N-methyl/N-ethyl adjacent to an activating group) is 1. The van der Waals surface area contributed by atoms with Crippen molar-refractivity contribution in [2.24, 2.45) is 5.92 Å². The maximum atomic E-state index is 13.8. The number of nitrogens with zero attached hydrogens (tertiary/aromatic N) is 2. The highest BCUT2D eigenvalue weighted by Crippen LogP contribution is 2.35. The van der Waals surface area contributed by atoms with Crippen LogP contribution in [0.3, 0.4) is 0 Å². The number of aliphatic hydroxyl groups excluding tert-OH is 1. The van der Waals surface area contributed by atoms with E-state index in [2.05, 4.69) is 16.0 Å². The molecular weight excluding hydrogens is 631 g/mol. The summed E-state index contributed by atoms with van der Waals surface area (Å²) in [7, 11) is 1.60. The van der Waals surface area contributed by atoms with Gasteiger partial charge in [0.05, 0.1) is 41.8 Å². The minimum atomic E-state index is -0.611. The van der Waals surface area contributed by atoms with Crippen molar-refractivity contribution in [2.75, 3.05) is 48.4 Å². The largest absolute Gasteiger partial charge is 0.485 e. The second kappa shape index (κ2) is 17.3. The van der Waals surface area contributed by atoms with Crippen LogP contribution in [-0.4, -0.2) is 77.5 Å². The number of nitrogen functional groups attached to an aromatic ring is 1. The molecule has 1 aliphatic rings. The van der Waals surface area contributed by atoms with Gasteiger partial charge in [-0.15, -0.1) is 0 Å². The normalized spacial score (nSPS) is 16.3. The first-order valence-corrected chi connectivity index (χ1v) is 16.4. The molecule has 0 fully saturated rings. The zero-order valence-corrected chi connectivity index (χ0v) is 28.1. The Labute approximate surface area is 285 Å². The number of para-hydroxylation sites is 3. The first kappa shape index (κ1) is 36.7. The molecule has 13 heteroatoms. The van der Waals surface area contributed by atoms with Crippen LogP contribution in [0.15, 0.2) is 66.7 Å². The van der Waals surface area contributed by atoms with Crippen LogP contribution < -0.4 is 26.4 Å². The van der Waals surface area contributed by atoms with Crippen molar-refractivity contribution in [2.45, 2.75) is 58.1 Å². The van der Waals surface area contributed by atoms with E-state index < -0.39 is 24.0 Å². The number of halogens is 1. The van der Waals surface area contributed by atoms with Gasteiger partial charge in [0.1, 0.15) is 11.9 Å². The van der Waals surface area contributed by atoms with E-state index in [0.29, 0.717) is 42.0 Å². The van der Waals surface area contributed by atoms with Crippen molar-refractivity contribution in [3.05, 3.63) is 78.1 Å². The van der Waals surface area contributed by atoms with Crippen molar-refractivity contribution in [3.8, 4) is 5.75 Å². The number of hydrogen-bond donors (Lipinski definition) is 5. The number of nitrogens with two attached hydrogens (primary N) is 1. The summed E-state index contributed by atoms with van der Waals surface area (Å²) in [5, 5.41) is 18.4. The van der Waals surface area contributed by atoms with Gasteiger partial charge in [0, 0.05) is 38.0 Å². The number of anilines is 4. The van der Waals surface area contributed by atoms with Gasteiger partial charge in [-0.3, -0.25) is 14.4 Å². The Morgan fingerprint density at radius 3 is 2.24 bits per heavy atom. The number of rotatable bonds is 13. The molecule has 0 saturated heterocycles. The van der Waals surface area contributed by atoms with E-state index in [4.69, 9.17) is 10.5 Å². The summed E-state index contributed by atoms with van der Waals surface area (Å²) in [6.45, 7) is 3.76. The number of fused-ring (bicyclic) bond motifs is 1. The molecule has 5 amide bonds. The van der Waals surface area contributed by atoms with E-state index in [1.165, 1.54) is 29.2 Å². The van der Waals surface area contributed by atoms with E-state index in [0.717, 1.165) is 0 Å². The Morgan fingerprint density at radius 2 is 1.59 bits per heavy atom. The van der Waals surface area contributed by atoms with Crippen LogP contribution in [0.5, 0.6) is 5.75 Å². The fourth-order valence-corrected chi connectivity index (χ4v) is 5.45. The lowest BCUT2D eigenvalue weighted by molar-refractivity contribution is -0.116. The fraction of sp³-hybridized carbons (Fsp3) is 0.389. The summed E-state index contributed by atoms with van der Waals surface area (Å²) in [4.78, 5) is 55.2. The molecule has 3 aromatic rings. The summed E-state index contributed by atoms with van der Waals surface area (Å²) in [5.41, 5.74) is 7.90. The Hall–Kier alpha value is -5.17. The number of benzene rings is 3. The van der Waals surface area contributed by atoms with Gasteiger partial charge in [0.2, 0.25) is 11.8 Å². The SMILES string of the molecule is C[C@@H]1CN([C@H](C)CO)C(=O)c2cccc(NC(=O)CCCCCC(=O)Nc3ccccc3N)c2O[C@@H]1CN(C)C(=O)Nc1ccc(F)cc1. The summed E-state index contributed by atoms with van der Waals surface area (Å²) >= 11 is 0. The Kier molecular flexibility index (Phi) is 12.9. The molecule has 0 unspecified atom stereocenters. The molecule has 4 rings (SSSR count). The van der Waals surface area contributed by atoms with E-state index in [-0.39, 0.29) is 67.5 Å². The molecular formula is C36H45FN6O6. The van der Waals surface area contributed by atoms with Crippen molar-refractivity contribution >= 4 is 46.5 Å². The van der Waals surface area contributed by atoms with E-state index in [1.807, 2.05) is 6.92 Å². The number of ether oxygens (including phenoxy) is 1. The van der Waals surface area contributed by atoms with Crippen molar-refractivity contribution in [1.29, 1.82) is 0 Å². The predicted molar refractivity (Wildman–Crippen MR) is 187 cm³/mol. The van der Waals surface area contributed by atoms with E-state index >= 15 is 0 Å². The molecule has 49 heavy (non-hydrogen) atoms. The number of nitrogens with one attached hydrogen (secondary N) is 3. The smallest absolute Gasteiger partial charge is 0.321 e. The highest BCUT2D eigenvalue weighted by atomic mass is 19.1. The lowest BCUT2D eigenvalue weighted by Crippen LogP contribution is -2.50. The van der Waals surface area contributed by atoms with E-state index in [9.17, 15) is 28.7 Å². The number of urea groups is 1. The van der Waals surface area contributed by atoms with Crippen LogP contribution in [-0.2, 0) is 9.59 Å². The van der Waals surface area contributed by atoms with Crippen LogP contribution in [0.25, 0.3) is 0 Å². The van der Waals surface area contributed by atoms with Crippen LogP contribution in [0, 0.1) is 11.7 Å². The van der Waals surface area contributed by atoms with Gasteiger partial charge in [0.25, 0.3) is 5.91 Å². The lowest BCUT2D eigenvalue weighted by Gasteiger charge is -2.38. The summed E-state index contributed by atoms with van der Waals surface area (Å²) < 4.78 is 19.8. The van der Waals surface area contributed by atoms with Crippen LogP contribution in [0.1, 0.15) is 56.3 Å². The zero-order valence-electron chi connectivity index (χ0n) is 28.1. The average Bonchev–Trinajstić information content (AvgIpc) is 3.08. The summed E-state index contributed by atoms with van der Waals surface area (Å²) in [5.74, 6) is -1.32. The minimum Gasteiger partial charge on any atom is -0.485 e. The van der Waals surface area contributed by atoms with Gasteiger partial charge < -0.3 is 41.3 Å². The summed E-state index contributed by atoms with van der Waals surface area (Å²) in [6, 6.07) is 16.4.